The van der Waals surface area contributed by atoms with Gasteiger partial charge in [0, 0.05) is 38.7 Å². The Bertz CT molecular complexity index is 490. The van der Waals surface area contributed by atoms with Crippen molar-refractivity contribution in [2.75, 3.05) is 36.0 Å². The lowest BCUT2D eigenvalue weighted by Gasteiger charge is -2.47. The molecule has 0 amide bonds. The van der Waals surface area contributed by atoms with Gasteiger partial charge in [-0.2, -0.15) is 0 Å². The lowest BCUT2D eigenvalue weighted by atomic mass is 9.99. The van der Waals surface area contributed by atoms with Crippen LogP contribution in [0.3, 0.4) is 0 Å². The van der Waals surface area contributed by atoms with Crippen LogP contribution < -0.4 is 9.80 Å². The van der Waals surface area contributed by atoms with Crippen molar-refractivity contribution >= 4 is 23.1 Å². The van der Waals surface area contributed by atoms with Crippen LogP contribution >= 0.6 is 11.6 Å². The molecule has 20 heavy (non-hydrogen) atoms. The van der Waals surface area contributed by atoms with Crippen LogP contribution in [0.15, 0.2) is 6.07 Å². The third-order valence-corrected chi connectivity index (χ3v) is 4.77. The number of ether oxygens (including phenoxy) is 1. The molecule has 6 heteroatoms. The van der Waals surface area contributed by atoms with Gasteiger partial charge >= 0.3 is 0 Å². The molecule has 0 aromatic carbocycles. The van der Waals surface area contributed by atoms with Gasteiger partial charge in [-0.25, -0.2) is 0 Å². The normalized spacial score (nSPS) is 29.2. The number of rotatable bonds is 2. The molecule has 5 rings (SSSR count). The van der Waals surface area contributed by atoms with Gasteiger partial charge in [0.2, 0.25) is 0 Å². The average Bonchev–Trinajstić information content (AvgIpc) is 2.48. The van der Waals surface area contributed by atoms with E-state index >= 15 is 0 Å². The Morgan fingerprint density at radius 2 is 1.75 bits per heavy atom. The molecule has 4 fully saturated rings. The average molecular weight is 295 g/mol. The fourth-order valence-electron chi connectivity index (χ4n) is 3.41. The van der Waals surface area contributed by atoms with E-state index in [0.29, 0.717) is 17.4 Å². The number of anilines is 2. The highest BCUT2D eigenvalue weighted by molar-refractivity contribution is 6.32. The molecular formula is C14H19ClN4O. The smallest absolute Gasteiger partial charge is 0.175 e. The van der Waals surface area contributed by atoms with E-state index in [4.69, 9.17) is 16.3 Å². The lowest BCUT2D eigenvalue weighted by molar-refractivity contribution is -0.133. The van der Waals surface area contributed by atoms with Crippen LogP contribution in [0.4, 0.5) is 11.5 Å². The second kappa shape index (κ2) is 5.04. The number of piperidine rings is 2. The molecule has 4 saturated heterocycles. The minimum Gasteiger partial charge on any atom is -0.371 e. The third kappa shape index (κ3) is 2.23. The second-order valence-corrected chi connectivity index (χ2v) is 6.31. The van der Waals surface area contributed by atoms with E-state index in [-0.39, 0.29) is 0 Å². The van der Waals surface area contributed by atoms with Crippen molar-refractivity contribution in [3.8, 4) is 0 Å². The predicted molar refractivity (Wildman–Crippen MR) is 78.6 cm³/mol. The SMILES string of the molecule is Clc1nnc(N2CC3CC(C2)O3)cc1N1CCCCC1. The Morgan fingerprint density at radius 1 is 1.05 bits per heavy atom. The van der Waals surface area contributed by atoms with E-state index in [0.717, 1.165) is 37.7 Å². The maximum Gasteiger partial charge on any atom is 0.175 e. The van der Waals surface area contributed by atoms with Gasteiger partial charge in [-0.15, -0.1) is 10.2 Å². The van der Waals surface area contributed by atoms with Gasteiger partial charge in [0.1, 0.15) is 0 Å². The quantitative estimate of drug-likeness (QED) is 0.835. The maximum atomic E-state index is 6.25. The monoisotopic (exact) mass is 294 g/mol. The molecule has 108 valence electrons. The number of nitrogens with zero attached hydrogens (tertiary/aromatic N) is 4. The molecule has 0 radical (unpaired) electrons. The van der Waals surface area contributed by atoms with Crippen molar-refractivity contribution in [2.45, 2.75) is 37.9 Å². The van der Waals surface area contributed by atoms with Crippen LogP contribution in [-0.4, -0.2) is 48.6 Å². The molecular weight excluding hydrogens is 276 g/mol. The van der Waals surface area contributed by atoms with Crippen molar-refractivity contribution in [1.29, 1.82) is 0 Å². The summed E-state index contributed by atoms with van der Waals surface area (Å²) in [4.78, 5) is 4.62. The van der Waals surface area contributed by atoms with Crippen LogP contribution in [0.2, 0.25) is 5.15 Å². The minimum atomic E-state index is 0.379. The van der Waals surface area contributed by atoms with Gasteiger partial charge in [0.15, 0.2) is 11.0 Å². The number of hydrogen-bond acceptors (Lipinski definition) is 5. The topological polar surface area (TPSA) is 41.5 Å². The van der Waals surface area contributed by atoms with Gasteiger partial charge in [-0.3, -0.25) is 0 Å². The van der Waals surface area contributed by atoms with Gasteiger partial charge in [-0.1, -0.05) is 11.6 Å². The van der Waals surface area contributed by atoms with E-state index in [2.05, 4.69) is 26.1 Å². The van der Waals surface area contributed by atoms with E-state index in [9.17, 15) is 0 Å². The Balaban J connectivity index is 1.57. The van der Waals surface area contributed by atoms with Crippen LogP contribution in [0.5, 0.6) is 0 Å². The zero-order valence-electron chi connectivity index (χ0n) is 11.5. The van der Waals surface area contributed by atoms with E-state index < -0.39 is 0 Å². The predicted octanol–water partition coefficient (Wildman–Crippen LogP) is 2.10. The molecule has 0 saturated carbocycles. The standard InChI is InChI=1S/C14H19ClN4O/c15-14-12(18-4-2-1-3-5-18)7-13(16-17-14)19-8-10-6-11(9-19)20-10/h7,10-11H,1-6,8-9H2. The summed E-state index contributed by atoms with van der Waals surface area (Å²) in [6.07, 6.45) is 5.73. The Kier molecular flexibility index (Phi) is 3.19. The molecule has 1 aromatic rings. The number of aromatic nitrogens is 2. The zero-order chi connectivity index (χ0) is 13.5. The van der Waals surface area contributed by atoms with Crippen LogP contribution in [0.25, 0.3) is 0 Å². The Hall–Kier alpha value is -1.07. The van der Waals surface area contributed by atoms with Crippen molar-refractivity contribution in [1.82, 2.24) is 10.2 Å². The Morgan fingerprint density at radius 3 is 2.45 bits per heavy atom. The molecule has 1 aromatic heterocycles. The molecule has 0 spiro atoms. The highest BCUT2D eigenvalue weighted by Gasteiger charge is 2.39. The summed E-state index contributed by atoms with van der Waals surface area (Å²) in [6.45, 7) is 3.98. The third-order valence-electron chi connectivity index (χ3n) is 4.50. The van der Waals surface area contributed by atoms with E-state index in [1.165, 1.54) is 25.7 Å². The van der Waals surface area contributed by atoms with Crippen LogP contribution in [-0.2, 0) is 4.74 Å². The molecule has 0 aliphatic carbocycles. The van der Waals surface area contributed by atoms with Crippen LogP contribution in [0, 0.1) is 0 Å². The summed E-state index contributed by atoms with van der Waals surface area (Å²) in [5.41, 5.74) is 1.04. The fourth-order valence-corrected chi connectivity index (χ4v) is 3.62. The molecule has 4 aliphatic heterocycles. The van der Waals surface area contributed by atoms with Crippen molar-refractivity contribution in [3.63, 3.8) is 0 Å². The van der Waals surface area contributed by atoms with Gasteiger partial charge in [0.25, 0.3) is 0 Å². The minimum absolute atomic E-state index is 0.379. The van der Waals surface area contributed by atoms with E-state index in [1.807, 2.05) is 0 Å². The second-order valence-electron chi connectivity index (χ2n) is 5.95. The number of morpholine rings is 1. The zero-order valence-corrected chi connectivity index (χ0v) is 12.2. The van der Waals surface area contributed by atoms with Crippen LogP contribution in [0.1, 0.15) is 25.7 Å². The summed E-state index contributed by atoms with van der Waals surface area (Å²) in [6, 6.07) is 2.10. The molecule has 4 aliphatic rings. The van der Waals surface area contributed by atoms with Gasteiger partial charge in [-0.05, 0) is 19.3 Å². The first-order valence-electron chi connectivity index (χ1n) is 7.48. The number of hydrogen-bond donors (Lipinski definition) is 0. The number of halogens is 1. The van der Waals surface area contributed by atoms with Crippen molar-refractivity contribution in [2.24, 2.45) is 0 Å². The first kappa shape index (κ1) is 12.7. The first-order chi connectivity index (χ1) is 9.79. The number of fused-ring (bicyclic) bond motifs is 2. The molecule has 2 atom stereocenters. The van der Waals surface area contributed by atoms with Crippen molar-refractivity contribution < 1.29 is 4.74 Å². The maximum absolute atomic E-state index is 6.25. The molecule has 5 nitrogen and oxygen atoms in total. The summed E-state index contributed by atoms with van der Waals surface area (Å²) in [7, 11) is 0. The Labute approximate surface area is 123 Å². The lowest BCUT2D eigenvalue weighted by Crippen LogP contribution is -2.57. The van der Waals surface area contributed by atoms with Crippen molar-refractivity contribution in [3.05, 3.63) is 11.2 Å². The molecule has 5 heterocycles. The first-order valence-corrected chi connectivity index (χ1v) is 7.86. The summed E-state index contributed by atoms with van der Waals surface area (Å²) < 4.78 is 5.67. The van der Waals surface area contributed by atoms with Gasteiger partial charge in [0.05, 0.1) is 17.9 Å². The molecule has 2 bridgehead atoms. The fraction of sp³-hybridized carbons (Fsp3) is 0.714. The summed E-state index contributed by atoms with van der Waals surface area (Å²) in [5.74, 6) is 0.938. The molecule has 2 unspecified atom stereocenters. The van der Waals surface area contributed by atoms with E-state index in [1.54, 1.807) is 0 Å². The largest absolute Gasteiger partial charge is 0.371 e. The summed E-state index contributed by atoms with van der Waals surface area (Å²) >= 11 is 6.25. The highest BCUT2D eigenvalue weighted by Crippen LogP contribution is 2.33. The summed E-state index contributed by atoms with van der Waals surface area (Å²) in [5, 5.41) is 8.96. The highest BCUT2D eigenvalue weighted by atomic mass is 35.5. The molecule has 0 N–H and O–H groups in total. The van der Waals surface area contributed by atoms with Gasteiger partial charge < -0.3 is 14.5 Å².